The monoisotopic (exact) mass is 222 g/mol. The highest BCUT2D eigenvalue weighted by molar-refractivity contribution is 7.10. The minimum Gasteiger partial charge on any atom is -0.472 e. The second kappa shape index (κ2) is 4.61. The van der Waals surface area contributed by atoms with E-state index in [1.807, 2.05) is 6.07 Å². The second-order valence-electron chi connectivity index (χ2n) is 3.32. The molecule has 0 aromatic carbocycles. The maximum absolute atomic E-state index is 5.59. The predicted molar refractivity (Wildman–Crippen MR) is 61.6 cm³/mol. The first-order valence-corrected chi connectivity index (χ1v) is 5.79. The molecule has 2 aromatic rings. The van der Waals surface area contributed by atoms with Gasteiger partial charge in [0.1, 0.15) is 0 Å². The highest BCUT2D eigenvalue weighted by Crippen LogP contribution is 2.29. The van der Waals surface area contributed by atoms with Crippen molar-refractivity contribution in [3.05, 3.63) is 46.0 Å². The van der Waals surface area contributed by atoms with Gasteiger partial charge in [-0.05, 0) is 29.5 Å². The largest absolute Gasteiger partial charge is 0.472 e. The summed E-state index contributed by atoms with van der Waals surface area (Å²) in [5.41, 5.74) is 5.23. The van der Waals surface area contributed by atoms with Crippen molar-refractivity contribution in [2.75, 3.05) is 0 Å². The Bertz CT molecular complexity index is 408. The predicted octanol–water partition coefficient (Wildman–Crippen LogP) is 2.46. The van der Waals surface area contributed by atoms with Crippen LogP contribution in [0.15, 0.2) is 34.5 Å². The number of furan rings is 1. The Morgan fingerprint density at radius 3 is 3.00 bits per heavy atom. The molecular formula is C11H14N2OS. The van der Waals surface area contributed by atoms with Crippen LogP contribution in [0.2, 0.25) is 0 Å². The Morgan fingerprint density at radius 1 is 1.53 bits per heavy atom. The van der Waals surface area contributed by atoms with E-state index in [2.05, 4.69) is 23.8 Å². The van der Waals surface area contributed by atoms with Crippen LogP contribution in [0.25, 0.3) is 0 Å². The first kappa shape index (κ1) is 10.4. The van der Waals surface area contributed by atoms with E-state index in [-0.39, 0.29) is 6.04 Å². The zero-order chi connectivity index (χ0) is 10.7. The van der Waals surface area contributed by atoms with E-state index >= 15 is 0 Å². The van der Waals surface area contributed by atoms with Crippen LogP contribution in [-0.2, 0) is 6.42 Å². The van der Waals surface area contributed by atoms with E-state index in [9.17, 15) is 0 Å². The number of nitrogens with two attached hydrogens (primary N) is 1. The van der Waals surface area contributed by atoms with Crippen molar-refractivity contribution >= 4 is 11.3 Å². The summed E-state index contributed by atoms with van der Waals surface area (Å²) in [6.07, 6.45) is 4.41. The first-order chi connectivity index (χ1) is 7.36. The molecule has 0 spiro atoms. The molecule has 0 radical (unpaired) electrons. The topological polar surface area (TPSA) is 51.2 Å². The minimum absolute atomic E-state index is 0.0405. The Morgan fingerprint density at radius 2 is 2.40 bits per heavy atom. The third kappa shape index (κ3) is 1.97. The third-order valence-electron chi connectivity index (χ3n) is 2.47. The highest BCUT2D eigenvalue weighted by atomic mass is 32.1. The summed E-state index contributed by atoms with van der Waals surface area (Å²) in [6, 6.07) is 4.12. The van der Waals surface area contributed by atoms with Crippen molar-refractivity contribution in [3.8, 4) is 0 Å². The van der Waals surface area contributed by atoms with Crippen molar-refractivity contribution in [1.82, 2.24) is 5.43 Å². The van der Waals surface area contributed by atoms with Gasteiger partial charge in [0.15, 0.2) is 0 Å². The molecule has 0 amide bonds. The van der Waals surface area contributed by atoms with Crippen molar-refractivity contribution in [1.29, 1.82) is 0 Å². The number of rotatable bonds is 4. The molecule has 0 bridgehead atoms. The van der Waals surface area contributed by atoms with E-state index in [4.69, 9.17) is 10.3 Å². The fourth-order valence-corrected chi connectivity index (χ4v) is 2.74. The fourth-order valence-electron chi connectivity index (χ4n) is 1.66. The molecule has 3 nitrogen and oxygen atoms in total. The standard InChI is InChI=1S/C11H14N2OS/c1-2-8-4-6-15-11(8)10(13-12)9-3-5-14-7-9/h3-7,10,13H,2,12H2,1H3. The van der Waals surface area contributed by atoms with Crippen LogP contribution in [0.1, 0.15) is 29.0 Å². The third-order valence-corrected chi connectivity index (χ3v) is 3.49. The Balaban J connectivity index is 2.35. The quantitative estimate of drug-likeness (QED) is 0.617. The smallest absolute Gasteiger partial charge is 0.0954 e. The Kier molecular flexibility index (Phi) is 3.20. The fraction of sp³-hybridized carbons (Fsp3) is 0.273. The van der Waals surface area contributed by atoms with Crippen molar-refractivity contribution in [3.63, 3.8) is 0 Å². The molecule has 2 rings (SSSR count). The zero-order valence-electron chi connectivity index (χ0n) is 8.57. The summed E-state index contributed by atoms with van der Waals surface area (Å²) in [4.78, 5) is 1.27. The van der Waals surface area contributed by atoms with Crippen molar-refractivity contribution in [2.45, 2.75) is 19.4 Å². The summed E-state index contributed by atoms with van der Waals surface area (Å²) in [6.45, 7) is 2.15. The van der Waals surface area contributed by atoms with Crippen LogP contribution in [0.5, 0.6) is 0 Å². The molecule has 2 heterocycles. The maximum atomic E-state index is 5.59. The first-order valence-electron chi connectivity index (χ1n) is 4.91. The van der Waals surface area contributed by atoms with Gasteiger partial charge in [-0.25, -0.2) is 5.43 Å². The van der Waals surface area contributed by atoms with Gasteiger partial charge in [0.2, 0.25) is 0 Å². The summed E-state index contributed by atoms with van der Waals surface area (Å²) in [7, 11) is 0. The summed E-state index contributed by atoms with van der Waals surface area (Å²) in [5.74, 6) is 5.59. The van der Waals surface area contributed by atoms with Gasteiger partial charge in [-0.15, -0.1) is 11.3 Å². The van der Waals surface area contributed by atoms with E-state index in [0.29, 0.717) is 0 Å². The lowest BCUT2D eigenvalue weighted by molar-refractivity contribution is 0.554. The molecule has 0 saturated heterocycles. The second-order valence-corrected chi connectivity index (χ2v) is 4.27. The Labute approximate surface area is 92.9 Å². The summed E-state index contributed by atoms with van der Waals surface area (Å²) < 4.78 is 5.08. The molecule has 80 valence electrons. The lowest BCUT2D eigenvalue weighted by atomic mass is 10.1. The van der Waals surface area contributed by atoms with Crippen molar-refractivity contribution < 1.29 is 4.42 Å². The van der Waals surface area contributed by atoms with Crippen LogP contribution >= 0.6 is 11.3 Å². The lowest BCUT2D eigenvalue weighted by Crippen LogP contribution is -2.28. The molecule has 0 aliphatic heterocycles. The van der Waals surface area contributed by atoms with Crippen LogP contribution in [-0.4, -0.2) is 0 Å². The minimum atomic E-state index is 0.0405. The van der Waals surface area contributed by atoms with Crippen LogP contribution < -0.4 is 11.3 Å². The lowest BCUT2D eigenvalue weighted by Gasteiger charge is -2.14. The van der Waals surface area contributed by atoms with E-state index in [1.165, 1.54) is 10.4 Å². The van der Waals surface area contributed by atoms with Crippen molar-refractivity contribution in [2.24, 2.45) is 5.84 Å². The number of hydrogen-bond donors (Lipinski definition) is 2. The molecule has 0 saturated carbocycles. The summed E-state index contributed by atoms with van der Waals surface area (Å²) >= 11 is 1.72. The van der Waals surface area contributed by atoms with Gasteiger partial charge in [0.05, 0.1) is 18.6 Å². The number of nitrogens with one attached hydrogen (secondary N) is 1. The normalized spacial score (nSPS) is 12.9. The zero-order valence-corrected chi connectivity index (χ0v) is 9.38. The molecular weight excluding hydrogens is 208 g/mol. The summed E-state index contributed by atoms with van der Waals surface area (Å²) in [5, 5.41) is 2.10. The van der Waals surface area contributed by atoms with E-state index in [0.717, 1.165) is 12.0 Å². The number of aryl methyl sites for hydroxylation is 1. The van der Waals surface area contributed by atoms with E-state index in [1.54, 1.807) is 23.9 Å². The molecule has 0 aliphatic rings. The highest BCUT2D eigenvalue weighted by Gasteiger charge is 2.17. The molecule has 2 aromatic heterocycles. The molecule has 3 N–H and O–H groups in total. The molecule has 15 heavy (non-hydrogen) atoms. The Hall–Kier alpha value is -1.10. The van der Waals surface area contributed by atoms with Gasteiger partial charge in [-0.1, -0.05) is 6.92 Å². The van der Waals surface area contributed by atoms with Gasteiger partial charge in [-0.2, -0.15) is 0 Å². The molecule has 1 unspecified atom stereocenters. The van der Waals surface area contributed by atoms with Crippen LogP contribution in [0.3, 0.4) is 0 Å². The average molecular weight is 222 g/mol. The van der Waals surface area contributed by atoms with Gasteiger partial charge in [-0.3, -0.25) is 5.84 Å². The number of hydrogen-bond acceptors (Lipinski definition) is 4. The average Bonchev–Trinajstić information content (AvgIpc) is 2.89. The maximum Gasteiger partial charge on any atom is 0.0954 e. The van der Waals surface area contributed by atoms with Gasteiger partial charge >= 0.3 is 0 Å². The van der Waals surface area contributed by atoms with Gasteiger partial charge < -0.3 is 4.42 Å². The molecule has 0 aliphatic carbocycles. The van der Waals surface area contributed by atoms with Gasteiger partial charge in [0.25, 0.3) is 0 Å². The molecule has 1 atom stereocenters. The SMILES string of the molecule is CCc1ccsc1C(NN)c1ccoc1. The van der Waals surface area contributed by atoms with Gasteiger partial charge in [0, 0.05) is 10.4 Å². The number of hydrazine groups is 1. The molecule has 4 heteroatoms. The molecule has 0 fully saturated rings. The van der Waals surface area contributed by atoms with Crippen LogP contribution in [0, 0.1) is 0 Å². The number of thiophene rings is 1. The van der Waals surface area contributed by atoms with E-state index < -0.39 is 0 Å². The van der Waals surface area contributed by atoms with Crippen LogP contribution in [0.4, 0.5) is 0 Å².